The fourth-order valence-corrected chi connectivity index (χ4v) is 3.03. The van der Waals surface area contributed by atoms with E-state index in [0.717, 1.165) is 0 Å². The van der Waals surface area contributed by atoms with Crippen molar-refractivity contribution in [2.24, 2.45) is 5.92 Å². The standard InChI is InChI=1S/C20H20N2O4/c23-18(14-5-2-1-3-6-14)21-17-10-8-15(9-11-17)19(24)22-12-4-7-16(13-22)20(25)26/h1-3,5-6,8-11,16H,4,7,12-13H2,(H,21,23)(H,25,26)/t16-/m0/s1. The minimum Gasteiger partial charge on any atom is -0.481 e. The second-order valence-corrected chi connectivity index (χ2v) is 6.33. The van der Waals surface area contributed by atoms with E-state index in [-0.39, 0.29) is 18.4 Å². The third-order valence-corrected chi connectivity index (χ3v) is 4.48. The molecular weight excluding hydrogens is 332 g/mol. The number of hydrogen-bond donors (Lipinski definition) is 2. The minimum atomic E-state index is -0.860. The van der Waals surface area contributed by atoms with Crippen molar-refractivity contribution in [1.82, 2.24) is 4.90 Å². The highest BCUT2D eigenvalue weighted by Gasteiger charge is 2.28. The predicted molar refractivity (Wildman–Crippen MR) is 97.1 cm³/mol. The van der Waals surface area contributed by atoms with Crippen LogP contribution < -0.4 is 5.32 Å². The van der Waals surface area contributed by atoms with Crippen LogP contribution in [0.3, 0.4) is 0 Å². The van der Waals surface area contributed by atoms with Crippen molar-refractivity contribution >= 4 is 23.5 Å². The number of nitrogens with zero attached hydrogens (tertiary/aromatic N) is 1. The first-order chi connectivity index (χ1) is 12.5. The Morgan fingerprint density at radius 2 is 1.65 bits per heavy atom. The molecule has 0 bridgehead atoms. The van der Waals surface area contributed by atoms with Gasteiger partial charge in [-0.1, -0.05) is 18.2 Å². The van der Waals surface area contributed by atoms with E-state index in [9.17, 15) is 14.4 Å². The molecule has 134 valence electrons. The van der Waals surface area contributed by atoms with Gasteiger partial charge in [0.15, 0.2) is 0 Å². The second kappa shape index (κ2) is 7.82. The van der Waals surface area contributed by atoms with Gasteiger partial charge in [0.25, 0.3) is 11.8 Å². The Hall–Kier alpha value is -3.15. The predicted octanol–water partition coefficient (Wildman–Crippen LogP) is 2.88. The summed E-state index contributed by atoms with van der Waals surface area (Å²) in [6.07, 6.45) is 1.29. The molecule has 3 rings (SSSR count). The van der Waals surface area contributed by atoms with Gasteiger partial charge in [0, 0.05) is 29.9 Å². The number of aliphatic carboxylic acids is 1. The molecule has 1 aliphatic heterocycles. The first-order valence-electron chi connectivity index (χ1n) is 8.53. The van der Waals surface area contributed by atoms with E-state index in [1.165, 1.54) is 0 Å². The van der Waals surface area contributed by atoms with Gasteiger partial charge >= 0.3 is 5.97 Å². The summed E-state index contributed by atoms with van der Waals surface area (Å²) >= 11 is 0. The lowest BCUT2D eigenvalue weighted by Gasteiger charge is -2.30. The van der Waals surface area contributed by atoms with Crippen molar-refractivity contribution in [3.05, 3.63) is 65.7 Å². The molecule has 2 N–H and O–H groups in total. The van der Waals surface area contributed by atoms with Gasteiger partial charge in [0.05, 0.1) is 5.92 Å². The van der Waals surface area contributed by atoms with Crippen molar-refractivity contribution in [3.63, 3.8) is 0 Å². The lowest BCUT2D eigenvalue weighted by Crippen LogP contribution is -2.42. The maximum Gasteiger partial charge on any atom is 0.308 e. The topological polar surface area (TPSA) is 86.7 Å². The molecule has 0 aliphatic carbocycles. The molecule has 1 aliphatic rings. The van der Waals surface area contributed by atoms with Crippen LogP contribution >= 0.6 is 0 Å². The third-order valence-electron chi connectivity index (χ3n) is 4.48. The molecule has 0 aromatic heterocycles. The average molecular weight is 352 g/mol. The van der Waals surface area contributed by atoms with Crippen molar-refractivity contribution in [3.8, 4) is 0 Å². The molecule has 0 spiro atoms. The summed E-state index contributed by atoms with van der Waals surface area (Å²) in [6.45, 7) is 0.801. The Balaban J connectivity index is 1.64. The summed E-state index contributed by atoms with van der Waals surface area (Å²) in [7, 11) is 0. The van der Waals surface area contributed by atoms with Gasteiger partial charge in [-0.05, 0) is 49.2 Å². The van der Waals surface area contributed by atoms with E-state index < -0.39 is 11.9 Å². The summed E-state index contributed by atoms with van der Waals surface area (Å²) < 4.78 is 0. The summed E-state index contributed by atoms with van der Waals surface area (Å²) in [5.74, 6) is -1.76. The molecule has 2 amide bonds. The molecule has 1 fully saturated rings. The largest absolute Gasteiger partial charge is 0.481 e. The lowest BCUT2D eigenvalue weighted by molar-refractivity contribution is -0.143. The summed E-state index contributed by atoms with van der Waals surface area (Å²) in [5.41, 5.74) is 1.63. The van der Waals surface area contributed by atoms with Crippen LogP contribution in [0.5, 0.6) is 0 Å². The number of carbonyl (C=O) groups is 3. The number of nitrogens with one attached hydrogen (secondary N) is 1. The molecular formula is C20H20N2O4. The number of carboxylic acid groups (broad SMARTS) is 1. The van der Waals surface area contributed by atoms with Gasteiger partial charge < -0.3 is 15.3 Å². The monoisotopic (exact) mass is 352 g/mol. The smallest absolute Gasteiger partial charge is 0.308 e. The quantitative estimate of drug-likeness (QED) is 0.886. The Labute approximate surface area is 151 Å². The molecule has 1 heterocycles. The average Bonchev–Trinajstić information content (AvgIpc) is 2.68. The van der Waals surface area contributed by atoms with Crippen LogP contribution in [0.2, 0.25) is 0 Å². The molecule has 0 radical (unpaired) electrons. The zero-order valence-corrected chi connectivity index (χ0v) is 14.2. The van der Waals surface area contributed by atoms with Gasteiger partial charge in [0.2, 0.25) is 0 Å². The zero-order chi connectivity index (χ0) is 18.5. The maximum atomic E-state index is 12.6. The lowest BCUT2D eigenvalue weighted by atomic mass is 9.97. The minimum absolute atomic E-state index is 0.183. The van der Waals surface area contributed by atoms with E-state index in [0.29, 0.717) is 36.2 Å². The Kier molecular flexibility index (Phi) is 5.31. The highest BCUT2D eigenvalue weighted by molar-refractivity contribution is 6.04. The Morgan fingerprint density at radius 3 is 2.31 bits per heavy atom. The van der Waals surface area contributed by atoms with Gasteiger partial charge in [-0.25, -0.2) is 0 Å². The van der Waals surface area contributed by atoms with E-state index in [1.807, 2.05) is 6.07 Å². The van der Waals surface area contributed by atoms with Crippen LogP contribution in [0.15, 0.2) is 54.6 Å². The van der Waals surface area contributed by atoms with Gasteiger partial charge in [-0.2, -0.15) is 0 Å². The summed E-state index contributed by atoms with van der Waals surface area (Å²) in [5, 5.41) is 11.9. The van der Waals surface area contributed by atoms with Gasteiger partial charge in [0.1, 0.15) is 0 Å². The zero-order valence-electron chi connectivity index (χ0n) is 14.2. The Morgan fingerprint density at radius 1 is 0.962 bits per heavy atom. The number of amides is 2. The fraction of sp³-hybridized carbons (Fsp3) is 0.250. The van der Waals surface area contributed by atoms with Crippen molar-refractivity contribution in [1.29, 1.82) is 0 Å². The molecule has 26 heavy (non-hydrogen) atoms. The normalized spacial score (nSPS) is 16.8. The molecule has 6 heteroatoms. The van der Waals surface area contributed by atoms with E-state index in [2.05, 4.69) is 5.32 Å². The van der Waals surface area contributed by atoms with Crippen LogP contribution in [0.1, 0.15) is 33.6 Å². The SMILES string of the molecule is O=C(Nc1ccc(C(=O)N2CCC[C@H](C(=O)O)C2)cc1)c1ccccc1. The van der Waals surface area contributed by atoms with Crippen LogP contribution in [0.4, 0.5) is 5.69 Å². The number of piperidine rings is 1. The van der Waals surface area contributed by atoms with Crippen molar-refractivity contribution in [2.75, 3.05) is 18.4 Å². The van der Waals surface area contributed by atoms with Crippen LogP contribution in [-0.4, -0.2) is 40.9 Å². The molecule has 0 saturated carbocycles. The van der Waals surface area contributed by atoms with E-state index in [4.69, 9.17) is 5.11 Å². The highest BCUT2D eigenvalue weighted by atomic mass is 16.4. The number of carboxylic acids is 1. The number of benzene rings is 2. The Bertz CT molecular complexity index is 802. The van der Waals surface area contributed by atoms with Crippen molar-refractivity contribution in [2.45, 2.75) is 12.8 Å². The number of anilines is 1. The molecule has 0 unspecified atom stereocenters. The summed E-state index contributed by atoms with van der Waals surface area (Å²) in [6, 6.07) is 15.5. The fourth-order valence-electron chi connectivity index (χ4n) is 3.03. The molecule has 1 saturated heterocycles. The molecule has 2 aromatic rings. The van der Waals surface area contributed by atoms with Crippen LogP contribution in [0.25, 0.3) is 0 Å². The number of rotatable bonds is 4. The van der Waals surface area contributed by atoms with Crippen LogP contribution in [0, 0.1) is 5.92 Å². The molecule has 6 nitrogen and oxygen atoms in total. The van der Waals surface area contributed by atoms with Gasteiger partial charge in [-0.15, -0.1) is 0 Å². The van der Waals surface area contributed by atoms with Gasteiger partial charge in [-0.3, -0.25) is 14.4 Å². The number of likely N-dealkylation sites (tertiary alicyclic amines) is 1. The molecule has 1 atom stereocenters. The maximum absolute atomic E-state index is 12.6. The number of carbonyl (C=O) groups excluding carboxylic acids is 2. The second-order valence-electron chi connectivity index (χ2n) is 6.33. The highest BCUT2D eigenvalue weighted by Crippen LogP contribution is 2.20. The third kappa shape index (κ3) is 4.08. The molecule has 2 aromatic carbocycles. The number of hydrogen-bond acceptors (Lipinski definition) is 3. The van der Waals surface area contributed by atoms with E-state index in [1.54, 1.807) is 53.4 Å². The first kappa shape index (κ1) is 17.7. The van der Waals surface area contributed by atoms with Crippen LogP contribution in [-0.2, 0) is 4.79 Å². The first-order valence-corrected chi connectivity index (χ1v) is 8.53. The summed E-state index contributed by atoms with van der Waals surface area (Å²) in [4.78, 5) is 37.4. The van der Waals surface area contributed by atoms with Crippen molar-refractivity contribution < 1.29 is 19.5 Å². The van der Waals surface area contributed by atoms with E-state index >= 15 is 0 Å².